The monoisotopic (exact) mass is 291 g/mol. The highest BCUT2D eigenvalue weighted by atomic mass is 16.6. The SMILES string of the molecule is Cc1nccn1CCNC(=O)[C@@H]1CC(=O)OC12CCCC2. The summed E-state index contributed by atoms with van der Waals surface area (Å²) < 4.78 is 7.49. The number of rotatable bonds is 4. The van der Waals surface area contributed by atoms with Crippen molar-refractivity contribution in [2.45, 2.75) is 51.2 Å². The van der Waals surface area contributed by atoms with Gasteiger partial charge in [0.2, 0.25) is 5.91 Å². The van der Waals surface area contributed by atoms with Crippen LogP contribution in [-0.4, -0.2) is 33.6 Å². The maximum atomic E-state index is 12.4. The molecule has 1 aromatic heterocycles. The Kier molecular flexibility index (Phi) is 3.69. The van der Waals surface area contributed by atoms with Gasteiger partial charge < -0.3 is 14.6 Å². The predicted octanol–water partition coefficient (Wildman–Crippen LogP) is 1.18. The second-order valence-corrected chi connectivity index (χ2v) is 5.96. The van der Waals surface area contributed by atoms with E-state index in [1.807, 2.05) is 17.7 Å². The molecule has 6 nitrogen and oxygen atoms in total. The highest BCUT2D eigenvalue weighted by Gasteiger charge is 2.53. The number of hydrogen-bond donors (Lipinski definition) is 1. The summed E-state index contributed by atoms with van der Waals surface area (Å²) in [6, 6.07) is 0. The van der Waals surface area contributed by atoms with Gasteiger partial charge in [-0.05, 0) is 32.6 Å². The summed E-state index contributed by atoms with van der Waals surface area (Å²) in [7, 11) is 0. The van der Waals surface area contributed by atoms with Crippen molar-refractivity contribution < 1.29 is 14.3 Å². The van der Waals surface area contributed by atoms with E-state index in [9.17, 15) is 9.59 Å². The van der Waals surface area contributed by atoms with Gasteiger partial charge in [-0.1, -0.05) is 0 Å². The number of amides is 1. The Hall–Kier alpha value is -1.85. The molecule has 114 valence electrons. The van der Waals surface area contributed by atoms with Gasteiger partial charge in [0.05, 0.1) is 12.3 Å². The summed E-state index contributed by atoms with van der Waals surface area (Å²) in [5, 5.41) is 2.94. The third-order valence-electron chi connectivity index (χ3n) is 4.66. The molecular weight excluding hydrogens is 270 g/mol. The van der Waals surface area contributed by atoms with Gasteiger partial charge in [0.1, 0.15) is 11.4 Å². The Morgan fingerprint density at radius 3 is 2.95 bits per heavy atom. The first-order valence-corrected chi connectivity index (χ1v) is 7.58. The standard InChI is InChI=1S/C15H21N3O3/c1-11-16-6-8-18(11)9-7-17-14(20)12-10-13(19)21-15(12)4-2-3-5-15/h6,8,12H,2-5,7,9-10H2,1H3,(H,17,20)/t12-/m0/s1. The fourth-order valence-corrected chi connectivity index (χ4v) is 3.51. The first kappa shape index (κ1) is 14.1. The van der Waals surface area contributed by atoms with Crippen molar-refractivity contribution in [1.82, 2.24) is 14.9 Å². The van der Waals surface area contributed by atoms with E-state index >= 15 is 0 Å². The highest BCUT2D eigenvalue weighted by molar-refractivity contribution is 5.87. The Bertz CT molecular complexity index is 546. The Labute approximate surface area is 123 Å². The van der Waals surface area contributed by atoms with Crippen LogP contribution in [0.3, 0.4) is 0 Å². The van der Waals surface area contributed by atoms with E-state index in [1.54, 1.807) is 6.20 Å². The average molecular weight is 291 g/mol. The normalized spacial score (nSPS) is 23.5. The van der Waals surface area contributed by atoms with E-state index in [1.165, 1.54) is 0 Å². The van der Waals surface area contributed by atoms with Crippen molar-refractivity contribution in [2.75, 3.05) is 6.54 Å². The number of nitrogens with one attached hydrogen (secondary N) is 1. The van der Waals surface area contributed by atoms with Gasteiger partial charge in [-0.15, -0.1) is 0 Å². The first-order valence-electron chi connectivity index (χ1n) is 7.58. The fourth-order valence-electron chi connectivity index (χ4n) is 3.51. The van der Waals surface area contributed by atoms with Crippen molar-refractivity contribution in [1.29, 1.82) is 0 Å². The van der Waals surface area contributed by atoms with Crippen LogP contribution in [0.15, 0.2) is 12.4 Å². The quantitative estimate of drug-likeness (QED) is 0.846. The van der Waals surface area contributed by atoms with Gasteiger partial charge in [0.25, 0.3) is 0 Å². The minimum Gasteiger partial charge on any atom is -0.458 e. The molecule has 1 N–H and O–H groups in total. The van der Waals surface area contributed by atoms with Gasteiger partial charge in [0, 0.05) is 25.5 Å². The van der Waals surface area contributed by atoms with Gasteiger partial charge >= 0.3 is 5.97 Å². The van der Waals surface area contributed by atoms with E-state index in [4.69, 9.17) is 4.74 Å². The Morgan fingerprint density at radius 1 is 1.52 bits per heavy atom. The molecule has 0 bridgehead atoms. The van der Waals surface area contributed by atoms with Crippen molar-refractivity contribution >= 4 is 11.9 Å². The van der Waals surface area contributed by atoms with Crippen LogP contribution < -0.4 is 5.32 Å². The molecule has 1 atom stereocenters. The molecule has 1 spiro atoms. The number of ether oxygens (including phenoxy) is 1. The topological polar surface area (TPSA) is 73.2 Å². The molecule has 1 aliphatic heterocycles. The number of imidazole rings is 1. The van der Waals surface area contributed by atoms with Crippen LogP contribution in [-0.2, 0) is 20.9 Å². The van der Waals surface area contributed by atoms with E-state index in [2.05, 4.69) is 10.3 Å². The second-order valence-electron chi connectivity index (χ2n) is 5.96. The number of nitrogens with zero attached hydrogens (tertiary/aromatic N) is 2. The smallest absolute Gasteiger partial charge is 0.307 e. The van der Waals surface area contributed by atoms with Crippen LogP contribution in [0.2, 0.25) is 0 Å². The summed E-state index contributed by atoms with van der Waals surface area (Å²) in [5.41, 5.74) is -0.522. The maximum Gasteiger partial charge on any atom is 0.307 e. The van der Waals surface area contributed by atoms with E-state index in [0.29, 0.717) is 13.1 Å². The number of aryl methyl sites for hydroxylation is 1. The zero-order valence-electron chi connectivity index (χ0n) is 12.3. The average Bonchev–Trinajstić information content (AvgIpc) is 3.14. The molecular formula is C15H21N3O3. The van der Waals surface area contributed by atoms with E-state index in [0.717, 1.165) is 31.5 Å². The predicted molar refractivity (Wildman–Crippen MR) is 75.4 cm³/mol. The molecule has 6 heteroatoms. The lowest BCUT2D eigenvalue weighted by atomic mass is 9.85. The van der Waals surface area contributed by atoms with E-state index in [-0.39, 0.29) is 24.2 Å². The number of aromatic nitrogens is 2. The van der Waals surface area contributed by atoms with Crippen LogP contribution >= 0.6 is 0 Å². The molecule has 1 amide bonds. The lowest BCUT2D eigenvalue weighted by Gasteiger charge is -2.27. The minimum atomic E-state index is -0.522. The molecule has 2 aliphatic rings. The largest absolute Gasteiger partial charge is 0.458 e. The molecule has 0 radical (unpaired) electrons. The molecule has 3 rings (SSSR count). The molecule has 1 aliphatic carbocycles. The number of esters is 1. The fraction of sp³-hybridized carbons (Fsp3) is 0.667. The molecule has 21 heavy (non-hydrogen) atoms. The molecule has 2 heterocycles. The van der Waals surface area contributed by atoms with Crippen molar-refractivity contribution in [3.63, 3.8) is 0 Å². The number of carbonyl (C=O) groups is 2. The van der Waals surface area contributed by atoms with Gasteiger partial charge in [0.15, 0.2) is 0 Å². The van der Waals surface area contributed by atoms with Gasteiger partial charge in [-0.25, -0.2) is 4.98 Å². The van der Waals surface area contributed by atoms with Gasteiger partial charge in [-0.3, -0.25) is 9.59 Å². The van der Waals surface area contributed by atoms with Gasteiger partial charge in [-0.2, -0.15) is 0 Å². The van der Waals surface area contributed by atoms with Crippen LogP contribution in [0.5, 0.6) is 0 Å². The summed E-state index contributed by atoms with van der Waals surface area (Å²) in [6.45, 7) is 3.15. The molecule has 0 unspecified atom stereocenters. The molecule has 0 aromatic carbocycles. The lowest BCUT2D eigenvalue weighted by Crippen LogP contribution is -2.43. The molecule has 1 aromatic rings. The first-order chi connectivity index (χ1) is 10.1. The van der Waals surface area contributed by atoms with Crippen LogP contribution in [0.1, 0.15) is 37.9 Å². The van der Waals surface area contributed by atoms with Crippen LogP contribution in [0, 0.1) is 12.8 Å². The second kappa shape index (κ2) is 5.50. The molecule has 1 saturated heterocycles. The summed E-state index contributed by atoms with van der Waals surface area (Å²) in [6.07, 6.45) is 7.55. The lowest BCUT2D eigenvalue weighted by molar-refractivity contribution is -0.149. The third kappa shape index (κ3) is 2.66. The van der Waals surface area contributed by atoms with Crippen molar-refractivity contribution in [2.24, 2.45) is 5.92 Å². The molecule has 2 fully saturated rings. The zero-order chi connectivity index (χ0) is 14.9. The van der Waals surface area contributed by atoms with Crippen molar-refractivity contribution in [3.05, 3.63) is 18.2 Å². The van der Waals surface area contributed by atoms with Crippen molar-refractivity contribution in [3.8, 4) is 0 Å². The van der Waals surface area contributed by atoms with Crippen LogP contribution in [0.4, 0.5) is 0 Å². The maximum absolute atomic E-state index is 12.4. The molecule has 1 saturated carbocycles. The summed E-state index contributed by atoms with van der Waals surface area (Å²) in [5.74, 6) is 0.315. The minimum absolute atomic E-state index is 0.0551. The third-order valence-corrected chi connectivity index (χ3v) is 4.66. The summed E-state index contributed by atoms with van der Waals surface area (Å²) in [4.78, 5) is 28.2. The number of hydrogen-bond acceptors (Lipinski definition) is 4. The van der Waals surface area contributed by atoms with Crippen LogP contribution in [0.25, 0.3) is 0 Å². The summed E-state index contributed by atoms with van der Waals surface area (Å²) >= 11 is 0. The Balaban J connectivity index is 1.57. The van der Waals surface area contributed by atoms with E-state index < -0.39 is 5.60 Å². The zero-order valence-corrected chi connectivity index (χ0v) is 12.3. The Morgan fingerprint density at radius 2 is 2.29 bits per heavy atom. The highest BCUT2D eigenvalue weighted by Crippen LogP contribution is 2.45. The number of carbonyl (C=O) groups excluding carboxylic acids is 2.